The second-order valence-corrected chi connectivity index (χ2v) is 4.90. The molecule has 0 fully saturated rings. The van der Waals surface area contributed by atoms with Crippen molar-refractivity contribution in [2.45, 2.75) is 31.8 Å². The molecule has 1 atom stereocenters. The van der Waals surface area contributed by atoms with Crippen LogP contribution >= 0.6 is 11.8 Å². The van der Waals surface area contributed by atoms with E-state index in [-0.39, 0.29) is 11.5 Å². The fourth-order valence-corrected chi connectivity index (χ4v) is 2.16. The molecule has 0 radical (unpaired) electrons. The Bertz CT molecular complexity index is 553. The first-order chi connectivity index (χ1) is 8.62. The van der Waals surface area contributed by atoms with Crippen LogP contribution in [0.15, 0.2) is 9.95 Å². The minimum absolute atomic E-state index is 0.0922. The van der Waals surface area contributed by atoms with Gasteiger partial charge in [-0.3, -0.25) is 4.79 Å². The lowest BCUT2D eigenvalue weighted by Gasteiger charge is -2.05. The third-order valence-corrected chi connectivity index (χ3v) is 3.40. The van der Waals surface area contributed by atoms with Crippen molar-refractivity contribution in [2.75, 3.05) is 5.75 Å². The molecule has 0 aliphatic rings. The normalized spacial score (nSPS) is 11.6. The third kappa shape index (κ3) is 3.61. The number of H-pyrrole nitrogens is 1. The SMILES string of the molecule is CCCc1nc(SCC(C)C#N)[nH]c(=O)c1C#N. The average Bonchev–Trinajstić information content (AvgIpc) is 2.36. The Hall–Kier alpha value is -1.79. The largest absolute Gasteiger partial charge is 0.300 e. The van der Waals surface area contributed by atoms with E-state index < -0.39 is 5.56 Å². The van der Waals surface area contributed by atoms with E-state index in [2.05, 4.69) is 16.0 Å². The summed E-state index contributed by atoms with van der Waals surface area (Å²) in [7, 11) is 0. The molecule has 0 saturated carbocycles. The van der Waals surface area contributed by atoms with Gasteiger partial charge in [-0.25, -0.2) is 4.98 Å². The van der Waals surface area contributed by atoms with Gasteiger partial charge in [-0.05, 0) is 13.3 Å². The van der Waals surface area contributed by atoms with Crippen LogP contribution in [-0.2, 0) is 6.42 Å². The maximum atomic E-state index is 11.7. The maximum absolute atomic E-state index is 11.7. The molecular formula is C12H14N4OS. The molecule has 1 aromatic rings. The van der Waals surface area contributed by atoms with Crippen molar-refractivity contribution in [1.82, 2.24) is 9.97 Å². The van der Waals surface area contributed by atoms with Gasteiger partial charge < -0.3 is 4.98 Å². The lowest BCUT2D eigenvalue weighted by Crippen LogP contribution is -2.17. The highest BCUT2D eigenvalue weighted by molar-refractivity contribution is 7.99. The van der Waals surface area contributed by atoms with Crippen LogP contribution in [0.5, 0.6) is 0 Å². The summed E-state index contributed by atoms with van der Waals surface area (Å²) in [5, 5.41) is 18.1. The van der Waals surface area contributed by atoms with Crippen LogP contribution in [0, 0.1) is 28.6 Å². The summed E-state index contributed by atoms with van der Waals surface area (Å²) in [6.45, 7) is 3.77. The Kier molecular flexibility index (Phi) is 5.41. The van der Waals surface area contributed by atoms with Gasteiger partial charge in [0, 0.05) is 5.75 Å². The van der Waals surface area contributed by atoms with Gasteiger partial charge in [0.2, 0.25) is 0 Å². The van der Waals surface area contributed by atoms with E-state index in [1.54, 1.807) is 0 Å². The number of aromatic amines is 1. The molecule has 1 aromatic heterocycles. The highest BCUT2D eigenvalue weighted by atomic mass is 32.2. The molecule has 0 bridgehead atoms. The average molecular weight is 262 g/mol. The van der Waals surface area contributed by atoms with E-state index in [9.17, 15) is 4.79 Å². The van der Waals surface area contributed by atoms with E-state index in [0.717, 1.165) is 6.42 Å². The van der Waals surface area contributed by atoms with Crippen LogP contribution in [0.2, 0.25) is 0 Å². The van der Waals surface area contributed by atoms with E-state index in [0.29, 0.717) is 23.0 Å². The third-order valence-electron chi connectivity index (χ3n) is 2.26. The number of hydrogen-bond donors (Lipinski definition) is 1. The lowest BCUT2D eigenvalue weighted by atomic mass is 10.1. The van der Waals surface area contributed by atoms with Crippen LogP contribution in [0.25, 0.3) is 0 Å². The van der Waals surface area contributed by atoms with Crippen LogP contribution in [0.4, 0.5) is 0 Å². The molecule has 1 heterocycles. The zero-order valence-corrected chi connectivity index (χ0v) is 11.2. The van der Waals surface area contributed by atoms with Gasteiger partial charge in [0.1, 0.15) is 11.6 Å². The predicted molar refractivity (Wildman–Crippen MR) is 69.1 cm³/mol. The molecule has 94 valence electrons. The highest BCUT2D eigenvalue weighted by Gasteiger charge is 2.11. The van der Waals surface area contributed by atoms with Crippen molar-refractivity contribution >= 4 is 11.8 Å². The number of aryl methyl sites for hydroxylation is 1. The fourth-order valence-electron chi connectivity index (χ4n) is 1.34. The topological polar surface area (TPSA) is 93.3 Å². The molecule has 0 aliphatic carbocycles. The minimum atomic E-state index is -0.400. The molecule has 5 nitrogen and oxygen atoms in total. The van der Waals surface area contributed by atoms with Gasteiger partial charge >= 0.3 is 0 Å². The van der Waals surface area contributed by atoms with Crippen molar-refractivity contribution in [3.8, 4) is 12.1 Å². The van der Waals surface area contributed by atoms with Crippen molar-refractivity contribution < 1.29 is 0 Å². The minimum Gasteiger partial charge on any atom is -0.300 e. The van der Waals surface area contributed by atoms with Crippen molar-refractivity contribution in [3.05, 3.63) is 21.6 Å². The molecule has 0 spiro atoms. The summed E-state index contributed by atoms with van der Waals surface area (Å²) < 4.78 is 0. The van der Waals surface area contributed by atoms with Gasteiger partial charge in [0.15, 0.2) is 5.16 Å². The highest BCUT2D eigenvalue weighted by Crippen LogP contribution is 2.16. The van der Waals surface area contributed by atoms with Gasteiger partial charge in [-0.2, -0.15) is 10.5 Å². The van der Waals surface area contributed by atoms with E-state index in [1.807, 2.05) is 19.9 Å². The number of nitrogens with one attached hydrogen (secondary N) is 1. The number of aromatic nitrogens is 2. The Morgan fingerprint density at radius 1 is 1.50 bits per heavy atom. The molecule has 0 amide bonds. The predicted octanol–water partition coefficient (Wildman–Crippen LogP) is 1.85. The molecule has 6 heteroatoms. The van der Waals surface area contributed by atoms with Crippen LogP contribution in [-0.4, -0.2) is 15.7 Å². The zero-order valence-electron chi connectivity index (χ0n) is 10.4. The van der Waals surface area contributed by atoms with Gasteiger partial charge in [0.05, 0.1) is 17.7 Å². The first-order valence-corrected chi connectivity index (χ1v) is 6.66. The molecule has 0 aliphatic heterocycles. The summed E-state index contributed by atoms with van der Waals surface area (Å²) in [4.78, 5) is 18.5. The van der Waals surface area contributed by atoms with Gasteiger partial charge in [-0.15, -0.1) is 0 Å². The molecular weight excluding hydrogens is 248 g/mol. The maximum Gasteiger partial charge on any atom is 0.269 e. The molecule has 1 N–H and O–H groups in total. The Morgan fingerprint density at radius 3 is 2.78 bits per heavy atom. The molecule has 18 heavy (non-hydrogen) atoms. The number of nitrogens with zero attached hydrogens (tertiary/aromatic N) is 3. The van der Waals surface area contributed by atoms with Gasteiger partial charge in [0.25, 0.3) is 5.56 Å². The Morgan fingerprint density at radius 2 is 2.22 bits per heavy atom. The first-order valence-electron chi connectivity index (χ1n) is 5.68. The second-order valence-electron chi connectivity index (χ2n) is 3.90. The number of rotatable bonds is 5. The molecule has 1 unspecified atom stereocenters. The van der Waals surface area contributed by atoms with Gasteiger partial charge in [-0.1, -0.05) is 25.1 Å². The van der Waals surface area contributed by atoms with Crippen molar-refractivity contribution in [3.63, 3.8) is 0 Å². The summed E-state index contributed by atoms with van der Waals surface area (Å²) in [5.41, 5.74) is 0.230. The van der Waals surface area contributed by atoms with Crippen molar-refractivity contribution in [2.24, 2.45) is 5.92 Å². The molecule has 1 rings (SSSR count). The number of thioether (sulfide) groups is 1. The molecule has 0 aromatic carbocycles. The number of hydrogen-bond acceptors (Lipinski definition) is 5. The summed E-state index contributed by atoms with van der Waals surface area (Å²) in [6.07, 6.45) is 1.43. The van der Waals surface area contributed by atoms with E-state index in [1.165, 1.54) is 11.8 Å². The van der Waals surface area contributed by atoms with Crippen LogP contribution in [0.1, 0.15) is 31.5 Å². The summed E-state index contributed by atoms with van der Waals surface area (Å²) in [6, 6.07) is 4.00. The summed E-state index contributed by atoms with van der Waals surface area (Å²) in [5.74, 6) is 0.460. The van der Waals surface area contributed by atoms with Crippen LogP contribution in [0.3, 0.4) is 0 Å². The smallest absolute Gasteiger partial charge is 0.269 e. The monoisotopic (exact) mass is 262 g/mol. The molecule has 0 saturated heterocycles. The van der Waals surface area contributed by atoms with E-state index >= 15 is 0 Å². The zero-order chi connectivity index (χ0) is 13.5. The first kappa shape index (κ1) is 14.3. The number of nitriles is 2. The van der Waals surface area contributed by atoms with Crippen LogP contribution < -0.4 is 5.56 Å². The Labute approximate surface area is 110 Å². The quantitative estimate of drug-likeness (QED) is 0.645. The lowest BCUT2D eigenvalue weighted by molar-refractivity contribution is 0.803. The Balaban J connectivity index is 2.99. The summed E-state index contributed by atoms with van der Waals surface area (Å²) >= 11 is 1.33. The standard InChI is InChI=1S/C12H14N4OS/c1-3-4-10-9(6-14)11(17)16-12(15-10)18-7-8(2)5-13/h8H,3-4,7H2,1-2H3,(H,15,16,17). The van der Waals surface area contributed by atoms with E-state index in [4.69, 9.17) is 10.5 Å². The van der Waals surface area contributed by atoms with Crippen molar-refractivity contribution in [1.29, 1.82) is 10.5 Å². The second kappa shape index (κ2) is 6.83. The fraction of sp³-hybridized carbons (Fsp3) is 0.500.